The quantitative estimate of drug-likeness (QED) is 0.685. The number of carbonyl (C=O) groups is 1. The van der Waals surface area contributed by atoms with Crippen LogP contribution in [-0.4, -0.2) is 23.8 Å². The first-order valence-electron chi connectivity index (χ1n) is 5.85. The summed E-state index contributed by atoms with van der Waals surface area (Å²) in [4.78, 5) is 16.5. The van der Waals surface area contributed by atoms with Gasteiger partial charge in [-0.25, -0.2) is 0 Å². The number of carbonyl (C=O) groups excluding carboxylic acids is 1. The highest BCUT2D eigenvalue weighted by atomic mass is 35.5. The Balaban J connectivity index is 2.31. The molecule has 6 heteroatoms. The number of nitrogens with one attached hydrogen (secondary N) is 1. The van der Waals surface area contributed by atoms with Gasteiger partial charge in [-0.05, 0) is 24.6 Å². The summed E-state index contributed by atoms with van der Waals surface area (Å²) < 4.78 is 0. The Kier molecular flexibility index (Phi) is 4.45. The fraction of sp³-hybridized carbons (Fsp3) is 0.231. The first kappa shape index (κ1) is 13.9. The summed E-state index contributed by atoms with van der Waals surface area (Å²) in [6.45, 7) is 2.37. The minimum absolute atomic E-state index is 0.151. The van der Waals surface area contributed by atoms with E-state index in [1.54, 1.807) is 29.5 Å². The van der Waals surface area contributed by atoms with Crippen LogP contribution in [0, 0.1) is 0 Å². The summed E-state index contributed by atoms with van der Waals surface area (Å²) in [6, 6.07) is 4.85. The predicted octanol–water partition coefficient (Wildman–Crippen LogP) is 3.28. The molecular formula is C13H13Cl2N3O. The minimum atomic E-state index is -0.151. The molecule has 0 unspecified atom stereocenters. The molecule has 0 aromatic heterocycles. The standard InChI is InChI=1S/C13H13Cl2N3O/c1-2-3-12(18-8-16-7-17-18)13(19)10-5-4-9(14)6-11(10)15/h3-7H,2,8H2,1H3,(H,16,17). The minimum Gasteiger partial charge on any atom is -0.287 e. The van der Waals surface area contributed by atoms with Crippen molar-refractivity contribution in [2.24, 2.45) is 4.99 Å². The molecule has 0 bridgehead atoms. The highest BCUT2D eigenvalue weighted by molar-refractivity contribution is 6.37. The van der Waals surface area contributed by atoms with Gasteiger partial charge in [0.2, 0.25) is 5.78 Å². The normalized spacial score (nSPS) is 14.7. The van der Waals surface area contributed by atoms with Gasteiger partial charge in [0.15, 0.2) is 0 Å². The Bertz CT molecular complexity index is 547. The maximum absolute atomic E-state index is 12.5. The van der Waals surface area contributed by atoms with Crippen LogP contribution in [0.2, 0.25) is 10.0 Å². The summed E-state index contributed by atoms with van der Waals surface area (Å²) in [5, 5.41) is 2.53. The van der Waals surface area contributed by atoms with Crippen LogP contribution in [0.1, 0.15) is 23.7 Å². The summed E-state index contributed by atoms with van der Waals surface area (Å²) >= 11 is 11.9. The lowest BCUT2D eigenvalue weighted by atomic mass is 10.1. The van der Waals surface area contributed by atoms with E-state index in [-0.39, 0.29) is 5.78 Å². The molecule has 4 nitrogen and oxygen atoms in total. The molecule has 19 heavy (non-hydrogen) atoms. The van der Waals surface area contributed by atoms with Gasteiger partial charge in [0.1, 0.15) is 18.7 Å². The van der Waals surface area contributed by atoms with E-state index in [1.807, 2.05) is 13.0 Å². The van der Waals surface area contributed by atoms with Gasteiger partial charge in [0.05, 0.1) is 5.02 Å². The second kappa shape index (κ2) is 6.08. The number of hydrogen-bond acceptors (Lipinski definition) is 4. The molecule has 0 atom stereocenters. The van der Waals surface area contributed by atoms with Gasteiger partial charge in [-0.3, -0.25) is 20.2 Å². The number of ketones is 1. The summed E-state index contributed by atoms with van der Waals surface area (Å²) in [6.07, 6.45) is 4.14. The van der Waals surface area contributed by atoms with Gasteiger partial charge in [-0.1, -0.05) is 36.2 Å². The third kappa shape index (κ3) is 3.08. The van der Waals surface area contributed by atoms with E-state index in [9.17, 15) is 4.79 Å². The van der Waals surface area contributed by atoms with Crippen LogP contribution in [0.3, 0.4) is 0 Å². The van der Waals surface area contributed by atoms with Crippen molar-refractivity contribution in [3.63, 3.8) is 0 Å². The zero-order valence-corrected chi connectivity index (χ0v) is 11.9. The fourth-order valence-electron chi connectivity index (χ4n) is 1.75. The van der Waals surface area contributed by atoms with Crippen LogP contribution in [0.15, 0.2) is 35.0 Å². The van der Waals surface area contributed by atoms with Gasteiger partial charge in [-0.15, -0.1) is 0 Å². The van der Waals surface area contributed by atoms with Crippen LogP contribution in [0.5, 0.6) is 0 Å². The molecule has 0 saturated heterocycles. The number of benzene rings is 1. The van der Waals surface area contributed by atoms with E-state index in [0.29, 0.717) is 28.0 Å². The first-order chi connectivity index (χ1) is 9.13. The first-order valence-corrected chi connectivity index (χ1v) is 6.61. The Morgan fingerprint density at radius 1 is 1.53 bits per heavy atom. The molecule has 1 N–H and O–H groups in total. The monoisotopic (exact) mass is 297 g/mol. The van der Waals surface area contributed by atoms with E-state index in [2.05, 4.69) is 10.4 Å². The smallest absolute Gasteiger partial charge is 0.212 e. The average molecular weight is 298 g/mol. The zero-order valence-electron chi connectivity index (χ0n) is 10.4. The second-order valence-electron chi connectivity index (χ2n) is 3.96. The highest BCUT2D eigenvalue weighted by Gasteiger charge is 2.21. The van der Waals surface area contributed by atoms with Crippen molar-refractivity contribution >= 4 is 35.3 Å². The molecule has 1 aromatic carbocycles. The van der Waals surface area contributed by atoms with Crippen LogP contribution >= 0.6 is 23.2 Å². The molecular weight excluding hydrogens is 285 g/mol. The number of nitrogens with zero attached hydrogens (tertiary/aromatic N) is 2. The molecule has 0 saturated carbocycles. The predicted molar refractivity (Wildman–Crippen MR) is 77.5 cm³/mol. The SMILES string of the molecule is CCC=C(C(=O)c1ccc(Cl)cc1Cl)N1CN=CN1. The van der Waals surface area contributed by atoms with E-state index >= 15 is 0 Å². The molecule has 0 radical (unpaired) electrons. The number of aliphatic imine (C=N–C) groups is 1. The van der Waals surface area contributed by atoms with Crippen molar-refractivity contribution in [3.05, 3.63) is 45.6 Å². The van der Waals surface area contributed by atoms with Crippen molar-refractivity contribution in [1.82, 2.24) is 10.4 Å². The Morgan fingerprint density at radius 3 is 2.89 bits per heavy atom. The summed E-state index contributed by atoms with van der Waals surface area (Å²) in [7, 11) is 0. The molecule has 100 valence electrons. The van der Waals surface area contributed by atoms with Gasteiger partial charge in [-0.2, -0.15) is 0 Å². The lowest BCUT2D eigenvalue weighted by molar-refractivity contribution is 0.0986. The number of hydrazine groups is 1. The molecule has 1 aliphatic rings. The molecule has 0 fully saturated rings. The average Bonchev–Trinajstić information content (AvgIpc) is 2.89. The van der Waals surface area contributed by atoms with Crippen LogP contribution < -0.4 is 5.43 Å². The topological polar surface area (TPSA) is 44.7 Å². The van der Waals surface area contributed by atoms with Gasteiger partial charge < -0.3 is 0 Å². The molecule has 0 aliphatic carbocycles. The highest BCUT2D eigenvalue weighted by Crippen LogP contribution is 2.24. The Morgan fingerprint density at radius 2 is 2.32 bits per heavy atom. The van der Waals surface area contributed by atoms with Crippen molar-refractivity contribution < 1.29 is 4.79 Å². The molecule has 1 aromatic rings. The van der Waals surface area contributed by atoms with Crippen LogP contribution in [0.4, 0.5) is 0 Å². The second-order valence-corrected chi connectivity index (χ2v) is 4.80. The maximum Gasteiger partial charge on any atom is 0.212 e. The fourth-order valence-corrected chi connectivity index (χ4v) is 2.24. The summed E-state index contributed by atoms with van der Waals surface area (Å²) in [5.74, 6) is -0.151. The third-order valence-corrected chi connectivity index (χ3v) is 3.17. The van der Waals surface area contributed by atoms with Crippen molar-refractivity contribution in [1.29, 1.82) is 0 Å². The van der Waals surface area contributed by atoms with E-state index in [0.717, 1.165) is 6.42 Å². The zero-order chi connectivity index (χ0) is 13.8. The number of rotatable bonds is 4. The van der Waals surface area contributed by atoms with Crippen molar-refractivity contribution in [2.45, 2.75) is 13.3 Å². The molecule has 1 aliphatic heterocycles. The number of Topliss-reactive ketones (excluding diaryl/α,β-unsaturated/α-hetero) is 1. The van der Waals surface area contributed by atoms with Gasteiger partial charge in [0, 0.05) is 10.6 Å². The number of allylic oxidation sites excluding steroid dienone is 2. The number of halogens is 2. The largest absolute Gasteiger partial charge is 0.287 e. The van der Waals surface area contributed by atoms with Crippen molar-refractivity contribution in [2.75, 3.05) is 6.67 Å². The summed E-state index contributed by atoms with van der Waals surface area (Å²) in [5.41, 5.74) is 3.87. The molecule has 2 rings (SSSR count). The Hall–Kier alpha value is -1.52. The van der Waals surface area contributed by atoms with E-state index < -0.39 is 0 Å². The van der Waals surface area contributed by atoms with Crippen LogP contribution in [-0.2, 0) is 0 Å². The van der Waals surface area contributed by atoms with E-state index in [1.165, 1.54) is 0 Å². The number of hydrogen-bond donors (Lipinski definition) is 1. The Labute approximate surface area is 121 Å². The lowest BCUT2D eigenvalue weighted by Crippen LogP contribution is -2.34. The lowest BCUT2D eigenvalue weighted by Gasteiger charge is -2.20. The van der Waals surface area contributed by atoms with E-state index in [4.69, 9.17) is 23.2 Å². The molecule has 1 heterocycles. The van der Waals surface area contributed by atoms with Crippen molar-refractivity contribution in [3.8, 4) is 0 Å². The van der Waals surface area contributed by atoms with Crippen LogP contribution in [0.25, 0.3) is 0 Å². The van der Waals surface area contributed by atoms with Gasteiger partial charge >= 0.3 is 0 Å². The molecule has 0 spiro atoms. The van der Waals surface area contributed by atoms with Gasteiger partial charge in [0.25, 0.3) is 0 Å². The third-order valence-electron chi connectivity index (χ3n) is 2.62. The molecule has 0 amide bonds. The maximum atomic E-state index is 12.5.